The lowest BCUT2D eigenvalue weighted by molar-refractivity contribution is 0.441. The Morgan fingerprint density at radius 2 is 2.00 bits per heavy atom. The Hall–Kier alpha value is -2.73. The normalized spacial score (nSPS) is 18.0. The molecule has 6 heteroatoms. The summed E-state index contributed by atoms with van der Waals surface area (Å²) in [7, 11) is 0. The molecular formula is C22H21BrN4O. The molecule has 2 N–H and O–H groups in total. The van der Waals surface area contributed by atoms with Crippen molar-refractivity contribution in [2.24, 2.45) is 5.10 Å². The van der Waals surface area contributed by atoms with Gasteiger partial charge >= 0.3 is 0 Å². The molecule has 142 valence electrons. The second-order valence-corrected chi connectivity index (χ2v) is 8.22. The van der Waals surface area contributed by atoms with E-state index >= 15 is 0 Å². The molecule has 1 heterocycles. The van der Waals surface area contributed by atoms with Gasteiger partial charge in [0.1, 0.15) is 0 Å². The smallest absolute Gasteiger partial charge is 0.256 e. The van der Waals surface area contributed by atoms with Crippen molar-refractivity contribution >= 4 is 28.1 Å². The lowest BCUT2D eigenvalue weighted by atomic mass is 9.69. The lowest BCUT2D eigenvalue weighted by Gasteiger charge is -2.34. The number of benzene rings is 2. The van der Waals surface area contributed by atoms with Crippen molar-refractivity contribution in [2.45, 2.75) is 32.1 Å². The van der Waals surface area contributed by atoms with Crippen LogP contribution in [0.4, 0.5) is 5.95 Å². The molecule has 0 bridgehead atoms. The van der Waals surface area contributed by atoms with Crippen LogP contribution in [0.25, 0.3) is 11.3 Å². The number of nitrogens with zero attached hydrogens (tertiary/aromatic N) is 2. The fourth-order valence-corrected chi connectivity index (χ4v) is 3.98. The van der Waals surface area contributed by atoms with Gasteiger partial charge in [0.05, 0.1) is 11.9 Å². The van der Waals surface area contributed by atoms with Crippen LogP contribution in [0.15, 0.2) is 62.9 Å². The Morgan fingerprint density at radius 3 is 2.75 bits per heavy atom. The topological polar surface area (TPSA) is 70.1 Å². The Morgan fingerprint density at radius 1 is 1.25 bits per heavy atom. The zero-order chi connectivity index (χ0) is 19.7. The molecule has 0 aliphatic heterocycles. The molecule has 0 radical (unpaired) electrons. The molecule has 3 aromatic rings. The van der Waals surface area contributed by atoms with E-state index < -0.39 is 0 Å². The summed E-state index contributed by atoms with van der Waals surface area (Å²) in [5.74, 6) is 0.340. The summed E-state index contributed by atoms with van der Waals surface area (Å²) in [4.78, 5) is 20.5. The summed E-state index contributed by atoms with van der Waals surface area (Å²) >= 11 is 3.41. The molecule has 1 atom stereocenters. The number of anilines is 1. The van der Waals surface area contributed by atoms with Crippen molar-refractivity contribution in [3.63, 3.8) is 0 Å². The highest BCUT2D eigenvalue weighted by Gasteiger charge is 2.37. The van der Waals surface area contributed by atoms with Crippen molar-refractivity contribution < 1.29 is 0 Å². The van der Waals surface area contributed by atoms with Crippen molar-refractivity contribution in [1.29, 1.82) is 0 Å². The molecule has 1 unspecified atom stereocenters. The van der Waals surface area contributed by atoms with Crippen LogP contribution in [0.1, 0.15) is 37.0 Å². The van der Waals surface area contributed by atoms with Crippen LogP contribution < -0.4 is 11.0 Å². The Balaban J connectivity index is 1.72. The predicted molar refractivity (Wildman–Crippen MR) is 117 cm³/mol. The molecule has 2 aromatic carbocycles. The van der Waals surface area contributed by atoms with Gasteiger partial charge in [-0.1, -0.05) is 66.2 Å². The van der Waals surface area contributed by atoms with Crippen LogP contribution in [0, 0.1) is 0 Å². The minimum atomic E-state index is -0.233. The maximum Gasteiger partial charge on any atom is 0.256 e. The van der Waals surface area contributed by atoms with Crippen LogP contribution in [-0.4, -0.2) is 16.2 Å². The van der Waals surface area contributed by atoms with E-state index in [1.807, 2.05) is 42.5 Å². The Labute approximate surface area is 172 Å². The predicted octanol–water partition coefficient (Wildman–Crippen LogP) is 4.87. The van der Waals surface area contributed by atoms with Gasteiger partial charge in [0.25, 0.3) is 5.56 Å². The fourth-order valence-electron chi connectivity index (χ4n) is 3.71. The largest absolute Gasteiger partial charge is 0.291 e. The fraction of sp³-hybridized carbons (Fsp3) is 0.227. The third-order valence-electron chi connectivity index (χ3n) is 5.41. The molecule has 1 aliphatic rings. The summed E-state index contributed by atoms with van der Waals surface area (Å²) in [6.45, 7) is 4.25. The van der Waals surface area contributed by atoms with Gasteiger partial charge in [0.15, 0.2) is 0 Å². The van der Waals surface area contributed by atoms with Crippen molar-refractivity contribution in [2.75, 3.05) is 5.43 Å². The zero-order valence-electron chi connectivity index (χ0n) is 15.8. The number of hydrogen-bond donors (Lipinski definition) is 2. The van der Waals surface area contributed by atoms with Gasteiger partial charge in [0.2, 0.25) is 5.95 Å². The number of rotatable bonds is 4. The number of hydrogen-bond acceptors (Lipinski definition) is 4. The van der Waals surface area contributed by atoms with E-state index in [1.165, 1.54) is 5.56 Å². The molecule has 0 fully saturated rings. The van der Waals surface area contributed by atoms with E-state index in [-0.39, 0.29) is 11.0 Å². The summed E-state index contributed by atoms with van der Waals surface area (Å²) < 4.78 is 1.01. The van der Waals surface area contributed by atoms with Gasteiger partial charge in [-0.05, 0) is 36.1 Å². The second kappa shape index (κ2) is 7.36. The first-order chi connectivity index (χ1) is 13.5. The van der Waals surface area contributed by atoms with E-state index in [0.717, 1.165) is 39.7 Å². The standard InChI is InChI=1S/C22H21BrN4O/c1-3-22(2)12-15-6-4-5-7-17(15)19-18(22)20(28)26-21(25-19)27-24-13-14-8-10-16(23)11-9-14/h4-11,13H,3,12H2,1-2H3,(H2,25,26,27,28). The minimum Gasteiger partial charge on any atom is -0.291 e. The number of aromatic amines is 1. The van der Waals surface area contributed by atoms with Crippen LogP contribution in [0.2, 0.25) is 0 Å². The molecule has 0 spiro atoms. The van der Waals surface area contributed by atoms with E-state index in [2.05, 4.69) is 51.4 Å². The molecule has 1 aromatic heterocycles. The molecule has 0 amide bonds. The van der Waals surface area contributed by atoms with E-state index in [0.29, 0.717) is 5.95 Å². The SMILES string of the molecule is CCC1(C)Cc2ccccc2-c2nc(NN=Cc3ccc(Br)cc3)[nH]c(=O)c21. The van der Waals surface area contributed by atoms with E-state index in [1.54, 1.807) is 6.21 Å². The highest BCUT2D eigenvalue weighted by Crippen LogP contribution is 2.42. The number of H-pyrrole nitrogens is 1. The summed E-state index contributed by atoms with van der Waals surface area (Å²) in [6.07, 6.45) is 3.40. The quantitative estimate of drug-likeness (QED) is 0.452. The molecule has 5 nitrogen and oxygen atoms in total. The van der Waals surface area contributed by atoms with Crippen LogP contribution in [0.3, 0.4) is 0 Å². The summed E-state index contributed by atoms with van der Waals surface area (Å²) in [5, 5.41) is 4.22. The lowest BCUT2D eigenvalue weighted by Crippen LogP contribution is -2.36. The number of aromatic nitrogens is 2. The van der Waals surface area contributed by atoms with Crippen LogP contribution in [-0.2, 0) is 11.8 Å². The zero-order valence-corrected chi connectivity index (χ0v) is 17.4. The van der Waals surface area contributed by atoms with Gasteiger partial charge in [-0.2, -0.15) is 5.10 Å². The van der Waals surface area contributed by atoms with Gasteiger partial charge in [0, 0.05) is 21.0 Å². The number of fused-ring (bicyclic) bond motifs is 3. The first-order valence-electron chi connectivity index (χ1n) is 9.28. The van der Waals surface area contributed by atoms with Gasteiger partial charge in [-0.3, -0.25) is 9.78 Å². The molecule has 0 saturated carbocycles. The van der Waals surface area contributed by atoms with E-state index in [4.69, 9.17) is 4.98 Å². The monoisotopic (exact) mass is 436 g/mol. The highest BCUT2D eigenvalue weighted by atomic mass is 79.9. The van der Waals surface area contributed by atoms with Crippen molar-refractivity contribution in [3.05, 3.63) is 80.0 Å². The average Bonchev–Trinajstić information content (AvgIpc) is 2.69. The first-order valence-corrected chi connectivity index (χ1v) is 10.1. The Kier molecular flexibility index (Phi) is 4.89. The molecule has 0 saturated heterocycles. The maximum absolute atomic E-state index is 12.9. The van der Waals surface area contributed by atoms with Gasteiger partial charge < -0.3 is 0 Å². The molecule has 28 heavy (non-hydrogen) atoms. The van der Waals surface area contributed by atoms with Crippen molar-refractivity contribution in [3.8, 4) is 11.3 Å². The highest BCUT2D eigenvalue weighted by molar-refractivity contribution is 9.10. The third-order valence-corrected chi connectivity index (χ3v) is 5.94. The van der Waals surface area contributed by atoms with Crippen LogP contribution >= 0.6 is 15.9 Å². The first kappa shape index (κ1) is 18.6. The van der Waals surface area contributed by atoms with Crippen LogP contribution in [0.5, 0.6) is 0 Å². The molecular weight excluding hydrogens is 416 g/mol. The molecule has 1 aliphatic carbocycles. The average molecular weight is 437 g/mol. The van der Waals surface area contributed by atoms with Crippen molar-refractivity contribution in [1.82, 2.24) is 9.97 Å². The summed E-state index contributed by atoms with van der Waals surface area (Å²) in [5.41, 5.74) is 7.22. The third kappa shape index (κ3) is 3.40. The second-order valence-electron chi connectivity index (χ2n) is 7.31. The Bertz CT molecular complexity index is 1100. The van der Waals surface area contributed by atoms with E-state index in [9.17, 15) is 4.79 Å². The summed E-state index contributed by atoms with van der Waals surface area (Å²) in [6, 6.07) is 16.0. The van der Waals surface area contributed by atoms with Gasteiger partial charge in [-0.15, -0.1) is 0 Å². The number of halogens is 1. The van der Waals surface area contributed by atoms with Gasteiger partial charge in [-0.25, -0.2) is 10.4 Å². The minimum absolute atomic E-state index is 0.106. The number of nitrogens with one attached hydrogen (secondary N) is 2. The number of hydrazone groups is 1. The maximum atomic E-state index is 12.9. The molecule has 4 rings (SSSR count).